The Balaban J connectivity index is 1.42. The summed E-state index contributed by atoms with van der Waals surface area (Å²) in [5, 5.41) is 0. The van der Waals surface area contributed by atoms with E-state index in [0.29, 0.717) is 17.9 Å². The Morgan fingerprint density at radius 2 is 1.66 bits per heavy atom. The Morgan fingerprint density at radius 1 is 0.931 bits per heavy atom. The molecule has 2 nitrogen and oxygen atoms in total. The minimum Gasteiger partial charge on any atom is -0.302 e. The molecule has 0 aliphatic carbocycles. The van der Waals surface area contributed by atoms with Crippen molar-refractivity contribution in [3.05, 3.63) is 107 Å². The number of halogens is 1. The van der Waals surface area contributed by atoms with E-state index in [1.807, 2.05) is 0 Å². The van der Waals surface area contributed by atoms with E-state index in [9.17, 15) is 9.18 Å². The first kappa shape index (κ1) is 19.5. The number of Topliss-reactive ketones (excluding diaryl/α,β-unsaturated/α-hetero) is 1. The summed E-state index contributed by atoms with van der Waals surface area (Å²) in [7, 11) is 0. The molecule has 0 unspecified atom stereocenters. The lowest BCUT2D eigenvalue weighted by Crippen LogP contribution is -2.30. The Kier molecular flexibility index (Phi) is 6.16. The molecular formula is C26H26FNO. The summed E-state index contributed by atoms with van der Waals surface area (Å²) in [5.74, 6) is 0.128. The monoisotopic (exact) mass is 387 g/mol. The molecule has 1 aliphatic heterocycles. The normalized spacial score (nSPS) is 16.8. The number of nitrogens with zero attached hydrogens (tertiary/aromatic N) is 1. The number of benzene rings is 3. The number of carbonyl (C=O) groups excluding carboxylic acids is 1. The summed E-state index contributed by atoms with van der Waals surface area (Å²) < 4.78 is 13.1. The van der Waals surface area contributed by atoms with Crippen molar-refractivity contribution >= 4 is 5.78 Å². The van der Waals surface area contributed by atoms with Gasteiger partial charge < -0.3 is 4.90 Å². The van der Waals surface area contributed by atoms with Crippen LogP contribution in [0.2, 0.25) is 0 Å². The molecular weight excluding hydrogens is 361 g/mol. The van der Waals surface area contributed by atoms with Gasteiger partial charge >= 0.3 is 0 Å². The second-order valence-corrected chi connectivity index (χ2v) is 7.75. The van der Waals surface area contributed by atoms with E-state index < -0.39 is 0 Å². The molecule has 4 rings (SSSR count). The molecule has 0 N–H and O–H groups in total. The summed E-state index contributed by atoms with van der Waals surface area (Å²) in [4.78, 5) is 14.9. The summed E-state index contributed by atoms with van der Waals surface area (Å²) in [5.41, 5.74) is 4.78. The molecule has 0 amide bonds. The lowest BCUT2D eigenvalue weighted by Gasteiger charge is -2.25. The zero-order chi connectivity index (χ0) is 20.1. The fraction of sp³-hybridized carbons (Fsp3) is 0.269. The maximum Gasteiger partial charge on any atom is 0.162 e. The van der Waals surface area contributed by atoms with Gasteiger partial charge in [0.25, 0.3) is 0 Å². The average molecular weight is 387 g/mol. The van der Waals surface area contributed by atoms with Crippen molar-refractivity contribution in [2.45, 2.75) is 25.2 Å². The fourth-order valence-corrected chi connectivity index (χ4v) is 4.24. The van der Waals surface area contributed by atoms with Crippen molar-refractivity contribution in [1.29, 1.82) is 0 Å². The predicted octanol–water partition coefficient (Wildman–Crippen LogP) is 5.48. The van der Waals surface area contributed by atoms with Gasteiger partial charge in [0.05, 0.1) is 0 Å². The molecule has 0 aromatic heterocycles. The highest BCUT2D eigenvalue weighted by atomic mass is 19.1. The topological polar surface area (TPSA) is 20.3 Å². The smallest absolute Gasteiger partial charge is 0.162 e. The molecule has 0 saturated carbocycles. The average Bonchev–Trinajstić information content (AvgIpc) is 2.95. The highest BCUT2D eigenvalue weighted by Crippen LogP contribution is 2.31. The van der Waals surface area contributed by atoms with Crippen molar-refractivity contribution in [2.75, 3.05) is 19.6 Å². The van der Waals surface area contributed by atoms with Crippen LogP contribution >= 0.6 is 0 Å². The lowest BCUT2D eigenvalue weighted by atomic mass is 9.88. The van der Waals surface area contributed by atoms with Crippen LogP contribution in [0, 0.1) is 5.82 Å². The van der Waals surface area contributed by atoms with Crippen molar-refractivity contribution in [3.63, 3.8) is 0 Å². The van der Waals surface area contributed by atoms with E-state index in [2.05, 4.69) is 59.5 Å². The van der Waals surface area contributed by atoms with Crippen molar-refractivity contribution in [3.8, 4) is 0 Å². The van der Waals surface area contributed by atoms with Gasteiger partial charge in [-0.05, 0) is 60.3 Å². The molecule has 29 heavy (non-hydrogen) atoms. The number of fused-ring (bicyclic) bond motifs is 1. The number of ketones is 1. The van der Waals surface area contributed by atoms with E-state index in [4.69, 9.17) is 0 Å². The molecule has 0 radical (unpaired) electrons. The third-order valence-electron chi connectivity index (χ3n) is 5.81. The van der Waals surface area contributed by atoms with Gasteiger partial charge in [-0.3, -0.25) is 4.79 Å². The highest BCUT2D eigenvalue weighted by molar-refractivity contribution is 5.95. The molecule has 3 aromatic carbocycles. The number of rotatable bonds is 6. The molecule has 1 aliphatic rings. The third-order valence-corrected chi connectivity index (χ3v) is 5.81. The predicted molar refractivity (Wildman–Crippen MR) is 115 cm³/mol. The summed E-state index contributed by atoms with van der Waals surface area (Å²) in [6, 6.07) is 25.3. The molecule has 0 saturated heterocycles. The Morgan fingerprint density at radius 3 is 2.45 bits per heavy atom. The van der Waals surface area contributed by atoms with Gasteiger partial charge in [0.2, 0.25) is 0 Å². The quantitative estimate of drug-likeness (QED) is 0.522. The number of hydrogen-bond donors (Lipinski definition) is 0. The molecule has 3 aromatic rings. The lowest BCUT2D eigenvalue weighted by molar-refractivity contribution is 0.0974. The summed E-state index contributed by atoms with van der Waals surface area (Å²) in [6.07, 6.45) is 2.34. The first-order valence-electron chi connectivity index (χ1n) is 10.3. The largest absolute Gasteiger partial charge is 0.302 e. The highest BCUT2D eigenvalue weighted by Gasteiger charge is 2.24. The van der Waals surface area contributed by atoms with Crippen LogP contribution in [0.4, 0.5) is 4.39 Å². The van der Waals surface area contributed by atoms with Crippen molar-refractivity contribution < 1.29 is 9.18 Å². The summed E-state index contributed by atoms with van der Waals surface area (Å²) in [6.45, 7) is 2.86. The second kappa shape index (κ2) is 9.15. The van der Waals surface area contributed by atoms with Crippen LogP contribution in [-0.2, 0) is 6.42 Å². The van der Waals surface area contributed by atoms with Gasteiger partial charge in [-0.1, -0.05) is 54.6 Å². The standard InChI is InChI=1S/C26H26FNO/c27-23-14-12-22(13-15-23)26(29)11-6-17-28-18-16-21-9-4-5-10-24(21)25(19-28)20-7-2-1-3-8-20/h1-5,7-10,12-15,25H,6,11,16-19H2/t25-/m1/s1. The van der Waals surface area contributed by atoms with Crippen LogP contribution in [0.1, 0.15) is 45.8 Å². The van der Waals surface area contributed by atoms with E-state index in [0.717, 1.165) is 32.5 Å². The molecule has 0 spiro atoms. The zero-order valence-electron chi connectivity index (χ0n) is 16.6. The number of hydrogen-bond acceptors (Lipinski definition) is 2. The van der Waals surface area contributed by atoms with Crippen LogP contribution in [-0.4, -0.2) is 30.3 Å². The fourth-order valence-electron chi connectivity index (χ4n) is 4.24. The van der Waals surface area contributed by atoms with Gasteiger partial charge in [0, 0.05) is 31.0 Å². The molecule has 0 fully saturated rings. The minimum absolute atomic E-state index is 0.0858. The van der Waals surface area contributed by atoms with Crippen LogP contribution in [0.25, 0.3) is 0 Å². The van der Waals surface area contributed by atoms with Gasteiger partial charge in [-0.15, -0.1) is 0 Å². The van der Waals surface area contributed by atoms with Gasteiger partial charge in [0.15, 0.2) is 5.78 Å². The first-order valence-corrected chi connectivity index (χ1v) is 10.3. The van der Waals surface area contributed by atoms with Crippen LogP contribution < -0.4 is 0 Å². The van der Waals surface area contributed by atoms with Gasteiger partial charge in [-0.2, -0.15) is 0 Å². The SMILES string of the molecule is O=C(CCCN1CCc2ccccc2[C@@H](c2ccccc2)C1)c1ccc(F)cc1. The van der Waals surface area contributed by atoms with Crippen LogP contribution in [0.5, 0.6) is 0 Å². The maximum absolute atomic E-state index is 13.1. The van der Waals surface area contributed by atoms with E-state index >= 15 is 0 Å². The molecule has 3 heteroatoms. The minimum atomic E-state index is -0.308. The van der Waals surface area contributed by atoms with Gasteiger partial charge in [0.1, 0.15) is 5.82 Å². The van der Waals surface area contributed by atoms with E-state index in [-0.39, 0.29) is 11.6 Å². The molecule has 1 heterocycles. The molecule has 148 valence electrons. The van der Waals surface area contributed by atoms with Crippen LogP contribution in [0.15, 0.2) is 78.9 Å². The van der Waals surface area contributed by atoms with Crippen molar-refractivity contribution in [2.24, 2.45) is 0 Å². The zero-order valence-corrected chi connectivity index (χ0v) is 16.6. The Labute approximate surface area is 172 Å². The summed E-state index contributed by atoms with van der Waals surface area (Å²) >= 11 is 0. The Bertz CT molecular complexity index is 952. The molecule has 0 bridgehead atoms. The molecule has 1 atom stereocenters. The van der Waals surface area contributed by atoms with Crippen molar-refractivity contribution in [1.82, 2.24) is 4.90 Å². The first-order chi connectivity index (χ1) is 14.2. The van der Waals surface area contributed by atoms with E-state index in [1.165, 1.54) is 28.8 Å². The van der Waals surface area contributed by atoms with Crippen LogP contribution in [0.3, 0.4) is 0 Å². The second-order valence-electron chi connectivity index (χ2n) is 7.75. The maximum atomic E-state index is 13.1. The Hall–Kier alpha value is -2.78. The van der Waals surface area contributed by atoms with Gasteiger partial charge in [-0.25, -0.2) is 4.39 Å². The van der Waals surface area contributed by atoms with E-state index in [1.54, 1.807) is 12.1 Å². The third kappa shape index (κ3) is 4.80. The number of carbonyl (C=O) groups is 1.